The van der Waals surface area contributed by atoms with Crippen molar-refractivity contribution in [3.63, 3.8) is 0 Å². The van der Waals surface area contributed by atoms with Crippen LogP contribution in [0.5, 0.6) is 0 Å². The molecule has 0 fully saturated rings. The van der Waals surface area contributed by atoms with E-state index in [2.05, 4.69) is 0 Å². The zero-order valence-electron chi connectivity index (χ0n) is 7.40. The molecule has 12 heavy (non-hydrogen) atoms. The third-order valence-corrected chi connectivity index (χ3v) is 4.53. The lowest BCUT2D eigenvalue weighted by Crippen LogP contribution is -2.27. The first-order valence-corrected chi connectivity index (χ1v) is 5.72. The maximum atomic E-state index is 11.6. The first kappa shape index (κ1) is 9.52. The summed E-state index contributed by atoms with van der Waals surface area (Å²) in [5.41, 5.74) is 0. The molecule has 0 spiro atoms. The molecule has 0 aliphatic heterocycles. The first-order chi connectivity index (χ1) is 5.55. The fourth-order valence-electron chi connectivity index (χ4n) is 1.15. The highest BCUT2D eigenvalue weighted by Crippen LogP contribution is 2.17. The molecule has 1 atom stereocenters. The summed E-state index contributed by atoms with van der Waals surface area (Å²) in [6.07, 6.45) is 7.96. The van der Waals surface area contributed by atoms with Crippen molar-refractivity contribution in [2.45, 2.75) is 30.8 Å². The average Bonchev–Trinajstić information content (AvgIpc) is 2.06. The Morgan fingerprint density at radius 1 is 1.33 bits per heavy atom. The quantitative estimate of drug-likeness (QED) is 0.657. The summed E-state index contributed by atoms with van der Waals surface area (Å²) in [6, 6.07) is 0. The van der Waals surface area contributed by atoms with Crippen LogP contribution in [0.3, 0.4) is 0 Å². The van der Waals surface area contributed by atoms with Crippen LogP contribution in [0.1, 0.15) is 20.3 Å². The lowest BCUT2D eigenvalue weighted by molar-refractivity contribution is 0.579. The summed E-state index contributed by atoms with van der Waals surface area (Å²) in [5, 5.41) is -0.582. The van der Waals surface area contributed by atoms with E-state index in [0.717, 1.165) is 0 Å². The third-order valence-electron chi connectivity index (χ3n) is 2.02. The second-order valence-electron chi connectivity index (χ2n) is 3.22. The molecule has 0 aromatic rings. The minimum absolute atomic E-state index is 0.279. The Morgan fingerprint density at radius 2 is 2.00 bits per heavy atom. The van der Waals surface area contributed by atoms with Crippen molar-refractivity contribution in [2.75, 3.05) is 0 Å². The molecule has 0 N–H and O–H groups in total. The van der Waals surface area contributed by atoms with Crippen LogP contribution in [-0.4, -0.2) is 18.9 Å². The molecule has 1 rings (SSSR count). The molecule has 2 nitrogen and oxygen atoms in total. The van der Waals surface area contributed by atoms with Gasteiger partial charge in [0, 0.05) is 0 Å². The SMILES string of the molecule is CC(C)S(=O)(=O)C1C=CC=CC1. The van der Waals surface area contributed by atoms with Gasteiger partial charge in [-0.3, -0.25) is 0 Å². The molecule has 3 heteroatoms. The smallest absolute Gasteiger partial charge is 0.159 e. The fourth-order valence-corrected chi connectivity index (χ4v) is 2.54. The normalized spacial score (nSPS) is 23.4. The maximum absolute atomic E-state index is 11.6. The Morgan fingerprint density at radius 3 is 2.42 bits per heavy atom. The van der Waals surface area contributed by atoms with Gasteiger partial charge in [0.25, 0.3) is 0 Å². The minimum Gasteiger partial charge on any atom is -0.228 e. The third kappa shape index (κ3) is 1.78. The van der Waals surface area contributed by atoms with Gasteiger partial charge in [0.1, 0.15) is 0 Å². The minimum atomic E-state index is -2.94. The van der Waals surface area contributed by atoms with Crippen molar-refractivity contribution in [3.05, 3.63) is 24.3 Å². The number of hydrogen-bond donors (Lipinski definition) is 0. The molecule has 0 radical (unpaired) electrons. The Labute approximate surface area is 73.9 Å². The van der Waals surface area contributed by atoms with Gasteiger partial charge in [-0.15, -0.1) is 0 Å². The molecular formula is C9H14O2S. The molecule has 1 aliphatic rings. The van der Waals surface area contributed by atoms with Gasteiger partial charge in [-0.2, -0.15) is 0 Å². The van der Waals surface area contributed by atoms with Crippen molar-refractivity contribution in [1.29, 1.82) is 0 Å². The molecule has 1 unspecified atom stereocenters. The van der Waals surface area contributed by atoms with E-state index in [-0.39, 0.29) is 10.5 Å². The summed E-state index contributed by atoms with van der Waals surface area (Å²) in [6.45, 7) is 3.45. The molecular weight excluding hydrogens is 172 g/mol. The number of rotatable bonds is 2. The van der Waals surface area contributed by atoms with Crippen molar-refractivity contribution in [2.24, 2.45) is 0 Å². The molecule has 0 amide bonds. The highest BCUT2D eigenvalue weighted by atomic mass is 32.2. The predicted molar refractivity (Wildman–Crippen MR) is 50.7 cm³/mol. The van der Waals surface area contributed by atoms with Crippen LogP contribution < -0.4 is 0 Å². The Hall–Kier alpha value is -0.570. The number of sulfone groups is 1. The monoisotopic (exact) mass is 186 g/mol. The van der Waals surface area contributed by atoms with E-state index in [9.17, 15) is 8.42 Å². The zero-order chi connectivity index (χ0) is 9.19. The van der Waals surface area contributed by atoms with Crippen LogP contribution in [0.4, 0.5) is 0 Å². The highest BCUT2D eigenvalue weighted by Gasteiger charge is 2.25. The van der Waals surface area contributed by atoms with Gasteiger partial charge in [-0.1, -0.05) is 24.3 Å². The molecule has 0 saturated heterocycles. The summed E-state index contributed by atoms with van der Waals surface area (Å²) in [4.78, 5) is 0. The van der Waals surface area contributed by atoms with Crippen molar-refractivity contribution < 1.29 is 8.42 Å². The van der Waals surface area contributed by atoms with Gasteiger partial charge < -0.3 is 0 Å². The van der Waals surface area contributed by atoms with Crippen LogP contribution >= 0.6 is 0 Å². The van der Waals surface area contributed by atoms with Gasteiger partial charge in [0.2, 0.25) is 0 Å². The van der Waals surface area contributed by atoms with E-state index < -0.39 is 9.84 Å². The largest absolute Gasteiger partial charge is 0.228 e. The summed E-state index contributed by atoms with van der Waals surface area (Å²) in [7, 11) is -2.94. The van der Waals surface area contributed by atoms with E-state index >= 15 is 0 Å². The van der Waals surface area contributed by atoms with Crippen LogP contribution in [0.2, 0.25) is 0 Å². The molecule has 0 saturated carbocycles. The van der Waals surface area contributed by atoms with Crippen LogP contribution in [0.25, 0.3) is 0 Å². The molecule has 0 aromatic carbocycles. The summed E-state index contributed by atoms with van der Waals surface area (Å²) < 4.78 is 23.2. The first-order valence-electron chi connectivity index (χ1n) is 4.11. The van der Waals surface area contributed by atoms with E-state index in [1.165, 1.54) is 0 Å². The molecule has 1 aliphatic carbocycles. The Balaban J connectivity index is 2.84. The predicted octanol–water partition coefficient (Wildman–Crippen LogP) is 1.69. The molecule has 0 aromatic heterocycles. The van der Waals surface area contributed by atoms with Crippen molar-refractivity contribution in [1.82, 2.24) is 0 Å². The second kappa shape index (κ2) is 3.44. The van der Waals surface area contributed by atoms with E-state index in [4.69, 9.17) is 0 Å². The van der Waals surface area contributed by atoms with Gasteiger partial charge in [0.15, 0.2) is 9.84 Å². The average molecular weight is 186 g/mol. The van der Waals surface area contributed by atoms with Gasteiger partial charge >= 0.3 is 0 Å². The molecule has 68 valence electrons. The number of allylic oxidation sites excluding steroid dienone is 3. The maximum Gasteiger partial charge on any atom is 0.159 e. The van der Waals surface area contributed by atoms with E-state index in [1.807, 2.05) is 12.2 Å². The van der Waals surface area contributed by atoms with E-state index in [1.54, 1.807) is 26.0 Å². The summed E-state index contributed by atoms with van der Waals surface area (Å²) in [5.74, 6) is 0. The highest BCUT2D eigenvalue weighted by molar-refractivity contribution is 7.92. The van der Waals surface area contributed by atoms with Crippen LogP contribution in [0.15, 0.2) is 24.3 Å². The Bertz CT molecular complexity index is 296. The van der Waals surface area contributed by atoms with Gasteiger partial charge in [-0.05, 0) is 20.3 Å². The van der Waals surface area contributed by atoms with Gasteiger partial charge in [-0.25, -0.2) is 8.42 Å². The molecule has 0 bridgehead atoms. The van der Waals surface area contributed by atoms with Crippen molar-refractivity contribution in [3.8, 4) is 0 Å². The summed E-state index contributed by atoms with van der Waals surface area (Å²) >= 11 is 0. The standard InChI is InChI=1S/C9H14O2S/c1-8(2)12(10,11)9-6-4-3-5-7-9/h3-6,8-9H,7H2,1-2H3. The lowest BCUT2D eigenvalue weighted by atomic mass is 10.2. The molecule has 0 heterocycles. The lowest BCUT2D eigenvalue weighted by Gasteiger charge is -2.16. The van der Waals surface area contributed by atoms with Crippen molar-refractivity contribution >= 4 is 9.84 Å². The van der Waals surface area contributed by atoms with Crippen LogP contribution in [-0.2, 0) is 9.84 Å². The Kier molecular flexibility index (Phi) is 2.73. The van der Waals surface area contributed by atoms with E-state index in [0.29, 0.717) is 6.42 Å². The topological polar surface area (TPSA) is 34.1 Å². The van der Waals surface area contributed by atoms with Gasteiger partial charge in [0.05, 0.1) is 10.5 Å². The number of hydrogen-bond acceptors (Lipinski definition) is 2. The fraction of sp³-hybridized carbons (Fsp3) is 0.556. The van der Waals surface area contributed by atoms with Crippen LogP contribution in [0, 0.1) is 0 Å². The second-order valence-corrected chi connectivity index (χ2v) is 5.95. The zero-order valence-corrected chi connectivity index (χ0v) is 8.21.